The van der Waals surface area contributed by atoms with Crippen molar-refractivity contribution < 1.29 is 107 Å². The van der Waals surface area contributed by atoms with Crippen molar-refractivity contribution in [3.63, 3.8) is 0 Å². The third-order valence-corrected chi connectivity index (χ3v) is 4.98. The number of nitrogens with zero attached hydrogens (tertiary/aromatic N) is 4. The van der Waals surface area contributed by atoms with E-state index in [1.165, 1.54) is 0 Å². The van der Waals surface area contributed by atoms with E-state index in [-0.39, 0.29) is 73.7 Å². The second-order valence-corrected chi connectivity index (χ2v) is 8.28. The van der Waals surface area contributed by atoms with E-state index in [0.29, 0.717) is 0 Å². The zero-order chi connectivity index (χ0) is 24.2. The summed E-state index contributed by atoms with van der Waals surface area (Å²) >= 11 is 0. The minimum atomic E-state index is -5.68. The van der Waals surface area contributed by atoms with Crippen molar-refractivity contribution in [3.05, 3.63) is 97.6 Å². The Hall–Kier alpha value is -2.06. The number of hydrogen-bond donors (Lipinski definition) is 0. The third kappa shape index (κ3) is 25.4. The van der Waals surface area contributed by atoms with Crippen molar-refractivity contribution in [2.75, 3.05) is 0 Å². The number of pyridine rings is 4. The maximum atomic E-state index is 9.32. The smallest absolute Gasteiger partial charge is 0.790 e. The van der Waals surface area contributed by atoms with Crippen molar-refractivity contribution in [3.8, 4) is 22.8 Å². The molecule has 0 spiro atoms. The van der Waals surface area contributed by atoms with E-state index in [0.717, 1.165) is 22.8 Å². The van der Waals surface area contributed by atoms with Gasteiger partial charge < -0.3 is 65.9 Å². The summed E-state index contributed by atoms with van der Waals surface area (Å²) in [7, 11) is -11.4. The standard InChI is InChI=1S/2C10H8N2.H4O7P2.6H2O.2Pd/c2*1-3-7-11-9(5-1)10-6-2-4-8-12-10;1-8(2,3)7-9(4,5)6;;;;;;;;/h2*1-8H;(H2,1,2,3)(H2,4,5,6);6*1H2;;/q;;;;;;;;;2*+2/p-4. The number of phosphoric acid groups is 2. The molecule has 12 N–H and O–H groups in total. The molecule has 41 heavy (non-hydrogen) atoms. The van der Waals surface area contributed by atoms with Gasteiger partial charge in [-0.3, -0.25) is 19.9 Å². The van der Waals surface area contributed by atoms with Crippen LogP contribution in [-0.4, -0.2) is 52.8 Å². The molecule has 0 amide bonds. The first-order valence-electron chi connectivity index (χ1n) is 9.04. The molecule has 21 heteroatoms. The predicted octanol–water partition coefficient (Wildman–Crippen LogP) is -4.01. The molecule has 0 aliphatic rings. The number of aromatic nitrogens is 4. The van der Waals surface area contributed by atoms with Gasteiger partial charge in [0.2, 0.25) is 0 Å². The maximum Gasteiger partial charge on any atom is 2.00 e. The Morgan fingerprint density at radius 2 is 0.634 bits per heavy atom. The van der Waals surface area contributed by atoms with Crippen LogP contribution in [0.5, 0.6) is 0 Å². The van der Waals surface area contributed by atoms with Gasteiger partial charge in [-0.1, -0.05) is 24.3 Å². The van der Waals surface area contributed by atoms with Crippen LogP contribution in [0.1, 0.15) is 0 Å². The molecule has 0 saturated carbocycles. The predicted molar refractivity (Wildman–Crippen MR) is 133 cm³/mol. The Morgan fingerprint density at radius 3 is 0.732 bits per heavy atom. The molecule has 0 aliphatic carbocycles. The van der Waals surface area contributed by atoms with Crippen LogP contribution < -0.4 is 19.6 Å². The van der Waals surface area contributed by atoms with Gasteiger partial charge in [0.1, 0.15) is 0 Å². The van der Waals surface area contributed by atoms with E-state index in [1.54, 1.807) is 24.8 Å². The molecular formula is C20H28N4O13P2Pd2. The van der Waals surface area contributed by atoms with Gasteiger partial charge in [0.15, 0.2) is 0 Å². The normalized spacial score (nSPS) is 8.68. The molecule has 4 aromatic heterocycles. The van der Waals surface area contributed by atoms with Crippen LogP contribution in [0.3, 0.4) is 0 Å². The average molecular weight is 807 g/mol. The first-order valence-corrected chi connectivity index (χ1v) is 12.0. The van der Waals surface area contributed by atoms with E-state index in [1.807, 2.05) is 72.8 Å². The van der Waals surface area contributed by atoms with E-state index in [9.17, 15) is 28.7 Å². The summed E-state index contributed by atoms with van der Waals surface area (Å²) < 4.78 is 21.2. The van der Waals surface area contributed by atoms with Crippen molar-refractivity contribution in [1.82, 2.24) is 19.9 Å². The second-order valence-electron chi connectivity index (χ2n) is 5.84. The Kier molecular flexibility index (Phi) is 37.6. The zero-order valence-electron chi connectivity index (χ0n) is 20.4. The Labute approximate surface area is 261 Å². The summed E-state index contributed by atoms with van der Waals surface area (Å²) in [6.07, 6.45) is 7.07. The SMILES string of the molecule is O.O.O.O.O.O.O=P([O-])([O-])OP(=O)([O-])[O-].[Pd+2].[Pd+2].c1ccc(-c2ccccn2)nc1.c1ccc(-c2ccccn2)nc1. The quantitative estimate of drug-likeness (QED) is 0.141. The van der Waals surface area contributed by atoms with Crippen molar-refractivity contribution >= 4 is 15.6 Å². The molecule has 0 radical (unpaired) electrons. The maximum absolute atomic E-state index is 9.32. The molecule has 0 saturated heterocycles. The largest absolute Gasteiger partial charge is 2.00 e. The molecule has 17 nitrogen and oxygen atoms in total. The molecule has 236 valence electrons. The monoisotopic (exact) mass is 806 g/mol. The molecule has 4 aromatic rings. The molecule has 0 atom stereocenters. The van der Waals surface area contributed by atoms with E-state index >= 15 is 0 Å². The van der Waals surface area contributed by atoms with Crippen LogP contribution in [0, 0.1) is 0 Å². The summed E-state index contributed by atoms with van der Waals surface area (Å²) in [5, 5.41) is 0. The fourth-order valence-electron chi connectivity index (χ4n) is 2.18. The average Bonchev–Trinajstić information content (AvgIpc) is 2.80. The Bertz CT molecular complexity index is 1030. The fourth-order valence-corrected chi connectivity index (χ4v) is 3.16. The topological polar surface area (TPSA) is 376 Å². The minimum Gasteiger partial charge on any atom is -0.790 e. The van der Waals surface area contributed by atoms with Gasteiger partial charge in [0.25, 0.3) is 0 Å². The van der Waals surface area contributed by atoms with Crippen molar-refractivity contribution in [2.45, 2.75) is 0 Å². The number of hydrogen-bond acceptors (Lipinski definition) is 11. The Balaban J connectivity index is -0.0000000780. The summed E-state index contributed by atoms with van der Waals surface area (Å²) in [6.45, 7) is 0. The molecule has 0 unspecified atom stereocenters. The third-order valence-electron chi connectivity index (χ3n) is 3.38. The zero-order valence-corrected chi connectivity index (χ0v) is 25.3. The van der Waals surface area contributed by atoms with Crippen LogP contribution >= 0.6 is 15.6 Å². The molecule has 0 aromatic carbocycles. The van der Waals surface area contributed by atoms with E-state index in [2.05, 4.69) is 24.2 Å². The first kappa shape index (κ1) is 54.9. The van der Waals surface area contributed by atoms with E-state index in [4.69, 9.17) is 0 Å². The van der Waals surface area contributed by atoms with Crippen LogP contribution in [0.25, 0.3) is 22.8 Å². The summed E-state index contributed by atoms with van der Waals surface area (Å²) in [5.74, 6) is 0. The second kappa shape index (κ2) is 28.1. The molecule has 4 heterocycles. The van der Waals surface area contributed by atoms with Gasteiger partial charge in [-0.05, 0) is 48.5 Å². The summed E-state index contributed by atoms with van der Waals surface area (Å²) in [5.41, 5.74) is 3.66. The molecular weight excluding hydrogens is 779 g/mol. The van der Waals surface area contributed by atoms with Crippen molar-refractivity contribution in [2.24, 2.45) is 0 Å². The summed E-state index contributed by atoms with van der Waals surface area (Å²) in [6, 6.07) is 23.2. The number of rotatable bonds is 4. The van der Waals surface area contributed by atoms with Crippen LogP contribution in [0.15, 0.2) is 97.6 Å². The molecule has 4 rings (SSSR count). The van der Waals surface area contributed by atoms with Gasteiger partial charge >= 0.3 is 40.8 Å². The van der Waals surface area contributed by atoms with Crippen molar-refractivity contribution in [1.29, 1.82) is 0 Å². The molecule has 0 aliphatic heterocycles. The van der Waals surface area contributed by atoms with Crippen LogP contribution in [-0.2, 0) is 54.3 Å². The first-order chi connectivity index (χ1) is 15.6. The van der Waals surface area contributed by atoms with Gasteiger partial charge in [0, 0.05) is 24.8 Å². The van der Waals surface area contributed by atoms with Gasteiger partial charge in [-0.25, -0.2) is 0 Å². The summed E-state index contributed by atoms with van der Waals surface area (Å²) in [4.78, 5) is 54.0. The van der Waals surface area contributed by atoms with Crippen LogP contribution in [0.2, 0.25) is 0 Å². The molecule has 0 fully saturated rings. The van der Waals surface area contributed by atoms with Gasteiger partial charge in [0.05, 0.1) is 38.4 Å². The fraction of sp³-hybridized carbons (Fsp3) is 0. The van der Waals surface area contributed by atoms with E-state index < -0.39 is 15.6 Å². The Morgan fingerprint density at radius 1 is 0.439 bits per heavy atom. The van der Waals surface area contributed by atoms with Crippen LogP contribution in [0.4, 0.5) is 0 Å². The van der Waals surface area contributed by atoms with Gasteiger partial charge in [-0.15, -0.1) is 0 Å². The minimum absolute atomic E-state index is 0. The molecule has 0 bridgehead atoms. The van der Waals surface area contributed by atoms with Gasteiger partial charge in [-0.2, -0.15) is 0 Å².